The summed E-state index contributed by atoms with van der Waals surface area (Å²) in [6.45, 7) is 6.50. The van der Waals surface area contributed by atoms with Gasteiger partial charge in [-0.2, -0.15) is 0 Å². The highest BCUT2D eigenvalue weighted by Crippen LogP contribution is 2.47. The van der Waals surface area contributed by atoms with Crippen LogP contribution in [0.3, 0.4) is 0 Å². The molecule has 4 nitrogen and oxygen atoms in total. The van der Waals surface area contributed by atoms with Crippen molar-refractivity contribution in [3.05, 3.63) is 0 Å². The molecule has 2 heterocycles. The number of carbonyl (C=O) groups is 1. The Morgan fingerprint density at radius 2 is 2.12 bits per heavy atom. The van der Waals surface area contributed by atoms with Crippen LogP contribution in [0.5, 0.6) is 0 Å². The molecule has 0 aliphatic carbocycles. The molecule has 0 spiro atoms. The van der Waals surface area contributed by atoms with Crippen LogP contribution in [0.15, 0.2) is 0 Å². The van der Waals surface area contributed by atoms with Crippen LogP contribution in [-0.4, -0.2) is 49.3 Å². The molecule has 0 aromatic carbocycles. The van der Waals surface area contributed by atoms with Crippen molar-refractivity contribution in [2.75, 3.05) is 26.7 Å². The van der Waals surface area contributed by atoms with Crippen molar-refractivity contribution in [1.82, 2.24) is 4.90 Å². The highest BCUT2D eigenvalue weighted by Gasteiger charge is 2.62. The second kappa shape index (κ2) is 4.34. The summed E-state index contributed by atoms with van der Waals surface area (Å²) in [6.07, 6.45) is 1.91. The summed E-state index contributed by atoms with van der Waals surface area (Å²) in [5, 5.41) is 0. The van der Waals surface area contributed by atoms with Crippen LogP contribution in [0.25, 0.3) is 0 Å². The van der Waals surface area contributed by atoms with E-state index in [9.17, 15) is 4.79 Å². The summed E-state index contributed by atoms with van der Waals surface area (Å²) in [4.78, 5) is 13.9. The van der Waals surface area contributed by atoms with Gasteiger partial charge in [0.2, 0.25) is 0 Å². The summed E-state index contributed by atoms with van der Waals surface area (Å²) in [5.41, 5.74) is -0.256. The zero-order chi connectivity index (χ0) is 11.8. The van der Waals surface area contributed by atoms with Gasteiger partial charge in [0.05, 0.1) is 6.61 Å². The van der Waals surface area contributed by atoms with E-state index in [-0.39, 0.29) is 17.7 Å². The Morgan fingerprint density at radius 3 is 2.69 bits per heavy atom. The Morgan fingerprint density at radius 1 is 1.50 bits per heavy atom. The molecule has 2 aliphatic rings. The maximum atomic E-state index is 11.6. The van der Waals surface area contributed by atoms with E-state index in [4.69, 9.17) is 9.47 Å². The van der Waals surface area contributed by atoms with Crippen molar-refractivity contribution in [2.24, 2.45) is 5.92 Å². The lowest BCUT2D eigenvalue weighted by atomic mass is 9.83. The van der Waals surface area contributed by atoms with E-state index in [1.807, 2.05) is 13.8 Å². The molecule has 2 atom stereocenters. The quantitative estimate of drug-likeness (QED) is 0.534. The first kappa shape index (κ1) is 11.9. The molecule has 2 fully saturated rings. The van der Waals surface area contributed by atoms with E-state index >= 15 is 0 Å². The maximum absolute atomic E-state index is 11.6. The van der Waals surface area contributed by atoms with E-state index in [1.54, 1.807) is 0 Å². The fraction of sp³-hybridized carbons (Fsp3) is 0.917. The summed E-state index contributed by atoms with van der Waals surface area (Å²) in [7, 11) is 2.13. The predicted molar refractivity (Wildman–Crippen MR) is 60.1 cm³/mol. The van der Waals surface area contributed by atoms with Gasteiger partial charge in [-0.15, -0.1) is 0 Å². The fourth-order valence-electron chi connectivity index (χ4n) is 2.61. The molecule has 2 aliphatic heterocycles. The SMILES string of the molecule is CCOC(=O)C1OC1(C)C1CCN(C)CC1. The van der Waals surface area contributed by atoms with Gasteiger partial charge >= 0.3 is 5.97 Å². The van der Waals surface area contributed by atoms with Gasteiger partial charge in [-0.05, 0) is 52.7 Å². The zero-order valence-corrected chi connectivity index (χ0v) is 10.4. The highest BCUT2D eigenvalue weighted by atomic mass is 16.7. The Hall–Kier alpha value is -0.610. The number of nitrogens with zero attached hydrogens (tertiary/aromatic N) is 1. The van der Waals surface area contributed by atoms with Crippen LogP contribution in [0, 0.1) is 5.92 Å². The molecule has 92 valence electrons. The Labute approximate surface area is 96.9 Å². The first-order valence-corrected chi connectivity index (χ1v) is 6.11. The number of likely N-dealkylation sites (tertiary alicyclic amines) is 1. The fourth-order valence-corrected chi connectivity index (χ4v) is 2.61. The molecule has 0 amide bonds. The van der Waals surface area contributed by atoms with Gasteiger partial charge in [0.1, 0.15) is 5.60 Å². The second-order valence-electron chi connectivity index (χ2n) is 5.01. The minimum absolute atomic E-state index is 0.191. The maximum Gasteiger partial charge on any atom is 0.338 e. The first-order chi connectivity index (χ1) is 7.58. The molecule has 2 unspecified atom stereocenters. The van der Waals surface area contributed by atoms with Gasteiger partial charge in [0.25, 0.3) is 0 Å². The molecule has 0 N–H and O–H groups in total. The minimum atomic E-state index is -0.319. The van der Waals surface area contributed by atoms with Crippen molar-refractivity contribution in [3.63, 3.8) is 0 Å². The van der Waals surface area contributed by atoms with Gasteiger partial charge < -0.3 is 14.4 Å². The zero-order valence-electron chi connectivity index (χ0n) is 10.4. The first-order valence-electron chi connectivity index (χ1n) is 6.11. The van der Waals surface area contributed by atoms with Crippen molar-refractivity contribution in [2.45, 2.75) is 38.4 Å². The largest absolute Gasteiger partial charge is 0.464 e. The van der Waals surface area contributed by atoms with Crippen molar-refractivity contribution in [1.29, 1.82) is 0 Å². The van der Waals surface area contributed by atoms with Crippen LogP contribution < -0.4 is 0 Å². The predicted octanol–water partition coefficient (Wildman–Crippen LogP) is 1.05. The standard InChI is InChI=1S/C12H21NO3/c1-4-15-11(14)10-12(2,16-10)9-5-7-13(3)8-6-9/h9-10H,4-8H2,1-3H3. The smallest absolute Gasteiger partial charge is 0.338 e. The van der Waals surface area contributed by atoms with Gasteiger partial charge in [-0.25, -0.2) is 4.79 Å². The average molecular weight is 227 g/mol. The molecule has 0 aromatic rings. The van der Waals surface area contributed by atoms with Crippen molar-refractivity contribution >= 4 is 5.97 Å². The van der Waals surface area contributed by atoms with Gasteiger partial charge in [0, 0.05) is 0 Å². The highest BCUT2D eigenvalue weighted by molar-refractivity contribution is 5.79. The topological polar surface area (TPSA) is 42.1 Å². The lowest BCUT2D eigenvalue weighted by Crippen LogP contribution is -2.38. The van der Waals surface area contributed by atoms with Gasteiger partial charge in [0.15, 0.2) is 6.10 Å². The number of carbonyl (C=O) groups excluding carboxylic acids is 1. The van der Waals surface area contributed by atoms with Gasteiger partial charge in [-0.3, -0.25) is 0 Å². The third kappa shape index (κ3) is 2.09. The van der Waals surface area contributed by atoms with Crippen molar-refractivity contribution in [3.8, 4) is 0 Å². The van der Waals surface area contributed by atoms with E-state index < -0.39 is 0 Å². The minimum Gasteiger partial charge on any atom is -0.464 e. The van der Waals surface area contributed by atoms with Crippen LogP contribution >= 0.6 is 0 Å². The summed E-state index contributed by atoms with van der Waals surface area (Å²) < 4.78 is 10.6. The molecule has 16 heavy (non-hydrogen) atoms. The van der Waals surface area contributed by atoms with Crippen LogP contribution in [0.2, 0.25) is 0 Å². The molecule has 0 saturated carbocycles. The second-order valence-corrected chi connectivity index (χ2v) is 5.01. The summed E-state index contributed by atoms with van der Waals surface area (Å²) >= 11 is 0. The van der Waals surface area contributed by atoms with E-state index in [0.29, 0.717) is 12.5 Å². The molecule has 2 saturated heterocycles. The third-order valence-corrected chi connectivity index (χ3v) is 3.87. The van der Waals surface area contributed by atoms with Crippen LogP contribution in [-0.2, 0) is 14.3 Å². The van der Waals surface area contributed by atoms with Crippen molar-refractivity contribution < 1.29 is 14.3 Å². The number of piperidine rings is 1. The number of esters is 1. The Balaban J connectivity index is 1.89. The average Bonchev–Trinajstić information content (AvgIpc) is 2.93. The summed E-state index contributed by atoms with van der Waals surface area (Å²) in [6, 6.07) is 0. The molecule has 0 aromatic heterocycles. The Bertz CT molecular complexity index is 273. The number of rotatable bonds is 3. The number of hydrogen-bond donors (Lipinski definition) is 0. The molecule has 0 radical (unpaired) electrons. The number of hydrogen-bond acceptors (Lipinski definition) is 4. The third-order valence-electron chi connectivity index (χ3n) is 3.87. The monoisotopic (exact) mass is 227 g/mol. The number of ether oxygens (including phenoxy) is 2. The molecular formula is C12H21NO3. The molecule has 4 heteroatoms. The molecule has 0 bridgehead atoms. The molecule has 2 rings (SSSR count). The lowest BCUT2D eigenvalue weighted by molar-refractivity contribution is -0.144. The number of epoxide rings is 1. The van der Waals surface area contributed by atoms with E-state index in [2.05, 4.69) is 11.9 Å². The Kier molecular flexibility index (Phi) is 3.22. The van der Waals surface area contributed by atoms with E-state index in [0.717, 1.165) is 25.9 Å². The lowest BCUT2D eigenvalue weighted by Gasteiger charge is -2.31. The normalized spacial score (nSPS) is 36.1. The molecular weight excluding hydrogens is 206 g/mol. The van der Waals surface area contributed by atoms with Crippen LogP contribution in [0.4, 0.5) is 0 Å². The van der Waals surface area contributed by atoms with Gasteiger partial charge in [-0.1, -0.05) is 0 Å². The van der Waals surface area contributed by atoms with Crippen LogP contribution in [0.1, 0.15) is 26.7 Å². The van der Waals surface area contributed by atoms with E-state index in [1.165, 1.54) is 0 Å². The summed E-state index contributed by atoms with van der Waals surface area (Å²) in [5.74, 6) is 0.307.